The molecule has 5 nitrogen and oxygen atoms in total. The number of hydrogen-bond acceptors (Lipinski definition) is 3. The molecule has 3 rings (SSSR count). The van der Waals surface area contributed by atoms with Crippen molar-refractivity contribution in [3.63, 3.8) is 0 Å². The molecule has 0 radical (unpaired) electrons. The van der Waals surface area contributed by atoms with Gasteiger partial charge in [0, 0.05) is 11.7 Å². The second-order valence-corrected chi connectivity index (χ2v) is 7.61. The van der Waals surface area contributed by atoms with E-state index in [1.165, 1.54) is 11.1 Å². The molecule has 0 saturated heterocycles. The van der Waals surface area contributed by atoms with E-state index in [1.54, 1.807) is 0 Å². The van der Waals surface area contributed by atoms with Gasteiger partial charge in [-0.2, -0.15) is 0 Å². The molecule has 2 aromatic rings. The van der Waals surface area contributed by atoms with Crippen molar-refractivity contribution in [2.45, 2.75) is 39.2 Å². The maximum absolute atomic E-state index is 12.4. The molecular weight excluding hydrogens is 350 g/mol. The summed E-state index contributed by atoms with van der Waals surface area (Å²) in [6.45, 7) is 4.16. The maximum atomic E-state index is 12.4. The fourth-order valence-corrected chi connectivity index (χ4v) is 3.95. The molecule has 0 heterocycles. The van der Waals surface area contributed by atoms with Crippen LogP contribution in [0.2, 0.25) is 0 Å². The van der Waals surface area contributed by atoms with Crippen molar-refractivity contribution < 1.29 is 9.59 Å². The maximum Gasteiger partial charge on any atom is 0.243 e. The Balaban J connectivity index is 1.51. The minimum atomic E-state index is -0.212. The van der Waals surface area contributed by atoms with E-state index in [0.29, 0.717) is 0 Å². The summed E-state index contributed by atoms with van der Waals surface area (Å²) in [5.41, 5.74) is 5.53. The first-order valence-corrected chi connectivity index (χ1v) is 9.86. The third-order valence-corrected chi connectivity index (χ3v) is 5.45. The number of benzene rings is 2. The van der Waals surface area contributed by atoms with Gasteiger partial charge in [0.15, 0.2) is 0 Å². The van der Waals surface area contributed by atoms with E-state index in [0.717, 1.165) is 36.1 Å². The highest BCUT2D eigenvalue weighted by Gasteiger charge is 2.24. The number of carbonyl (C=O) groups is 2. The zero-order chi connectivity index (χ0) is 20.1. The Morgan fingerprint density at radius 3 is 2.50 bits per heavy atom. The minimum Gasteiger partial charge on any atom is -0.346 e. The van der Waals surface area contributed by atoms with Crippen LogP contribution in [-0.2, 0) is 16.0 Å². The van der Waals surface area contributed by atoms with Gasteiger partial charge in [-0.05, 0) is 62.4 Å². The Morgan fingerprint density at radius 2 is 1.75 bits per heavy atom. The Labute approximate surface area is 167 Å². The first-order chi connectivity index (χ1) is 13.5. The zero-order valence-electron chi connectivity index (χ0n) is 16.9. The van der Waals surface area contributed by atoms with Crippen LogP contribution in [0.3, 0.4) is 0 Å². The predicted octanol–water partition coefficient (Wildman–Crippen LogP) is 3.37. The Bertz CT molecular complexity index is 842. The highest BCUT2D eigenvalue weighted by molar-refractivity contribution is 5.95. The molecule has 0 unspecified atom stereocenters. The number of nitrogens with zero attached hydrogens (tertiary/aromatic N) is 1. The summed E-state index contributed by atoms with van der Waals surface area (Å²) < 4.78 is 0. The van der Waals surface area contributed by atoms with Gasteiger partial charge in [-0.25, -0.2) is 0 Å². The van der Waals surface area contributed by atoms with Crippen LogP contribution in [0.4, 0.5) is 5.69 Å². The quantitative estimate of drug-likeness (QED) is 0.809. The molecule has 0 bridgehead atoms. The van der Waals surface area contributed by atoms with Crippen molar-refractivity contribution in [3.05, 3.63) is 64.7 Å². The number of nitrogens with one attached hydrogen (secondary N) is 2. The van der Waals surface area contributed by atoms with Gasteiger partial charge in [-0.1, -0.05) is 42.5 Å². The van der Waals surface area contributed by atoms with E-state index < -0.39 is 0 Å². The largest absolute Gasteiger partial charge is 0.346 e. The SMILES string of the molecule is Cc1cccc(C)c1NC(=O)CNC(=O)CN(C)[C@@H]1CCCc2ccccc21. The van der Waals surface area contributed by atoms with Crippen molar-refractivity contribution in [2.75, 3.05) is 25.5 Å². The summed E-state index contributed by atoms with van der Waals surface area (Å²) in [4.78, 5) is 26.7. The standard InChI is InChI=1S/C23H29N3O2/c1-16-8-6-9-17(2)23(16)25-21(27)14-24-22(28)15-26(3)20-13-7-11-18-10-4-5-12-19(18)20/h4-6,8-10,12,20H,7,11,13-15H2,1-3H3,(H,24,28)(H,25,27)/t20-/m1/s1. The van der Waals surface area contributed by atoms with E-state index in [9.17, 15) is 9.59 Å². The molecule has 148 valence electrons. The molecule has 5 heteroatoms. The monoisotopic (exact) mass is 379 g/mol. The lowest BCUT2D eigenvalue weighted by Crippen LogP contribution is -2.41. The lowest BCUT2D eigenvalue weighted by molar-refractivity contribution is -0.125. The molecular formula is C23H29N3O2. The van der Waals surface area contributed by atoms with Crippen LogP contribution in [-0.4, -0.2) is 36.9 Å². The highest BCUT2D eigenvalue weighted by Crippen LogP contribution is 2.33. The van der Waals surface area contributed by atoms with Crippen LogP contribution in [0.1, 0.15) is 41.1 Å². The van der Waals surface area contributed by atoms with Crippen LogP contribution < -0.4 is 10.6 Å². The minimum absolute atomic E-state index is 0.0261. The molecule has 1 atom stereocenters. The fraction of sp³-hybridized carbons (Fsp3) is 0.391. The van der Waals surface area contributed by atoms with Gasteiger partial charge < -0.3 is 10.6 Å². The number of likely N-dealkylation sites (N-methyl/N-ethyl adjacent to an activating group) is 1. The van der Waals surface area contributed by atoms with Crippen molar-refractivity contribution >= 4 is 17.5 Å². The Hall–Kier alpha value is -2.66. The number of carbonyl (C=O) groups excluding carboxylic acids is 2. The zero-order valence-corrected chi connectivity index (χ0v) is 16.9. The normalized spacial score (nSPS) is 15.8. The first kappa shape index (κ1) is 20.1. The predicted molar refractivity (Wildman–Crippen MR) is 112 cm³/mol. The second-order valence-electron chi connectivity index (χ2n) is 7.61. The number of para-hydroxylation sites is 1. The lowest BCUT2D eigenvalue weighted by atomic mass is 9.87. The summed E-state index contributed by atoms with van der Waals surface area (Å²) in [5.74, 6) is -0.348. The van der Waals surface area contributed by atoms with E-state index in [4.69, 9.17) is 0 Å². The number of hydrogen-bond donors (Lipinski definition) is 2. The van der Waals surface area contributed by atoms with Gasteiger partial charge in [0.25, 0.3) is 0 Å². The van der Waals surface area contributed by atoms with Crippen LogP contribution in [0.25, 0.3) is 0 Å². The van der Waals surface area contributed by atoms with Gasteiger partial charge in [0.1, 0.15) is 0 Å². The molecule has 2 N–H and O–H groups in total. The molecule has 0 spiro atoms. The van der Waals surface area contributed by atoms with Crippen LogP contribution in [0, 0.1) is 13.8 Å². The summed E-state index contributed by atoms with van der Waals surface area (Å²) >= 11 is 0. The molecule has 1 aliphatic rings. The molecule has 2 amide bonds. The average Bonchev–Trinajstić information content (AvgIpc) is 2.69. The summed E-state index contributed by atoms with van der Waals surface area (Å²) in [5, 5.41) is 5.64. The van der Waals surface area contributed by atoms with Crippen LogP contribution in [0.15, 0.2) is 42.5 Å². The molecule has 1 aliphatic carbocycles. The number of rotatable bonds is 6. The van der Waals surface area contributed by atoms with E-state index in [1.807, 2.05) is 39.1 Å². The van der Waals surface area contributed by atoms with E-state index >= 15 is 0 Å². The Morgan fingerprint density at radius 1 is 1.04 bits per heavy atom. The van der Waals surface area contributed by atoms with Crippen LogP contribution in [0.5, 0.6) is 0 Å². The second kappa shape index (κ2) is 9.02. The van der Waals surface area contributed by atoms with E-state index in [-0.39, 0.29) is 30.9 Å². The lowest BCUT2D eigenvalue weighted by Gasteiger charge is -2.32. The van der Waals surface area contributed by atoms with Gasteiger partial charge in [0.05, 0.1) is 13.1 Å². The van der Waals surface area contributed by atoms with Gasteiger partial charge >= 0.3 is 0 Å². The Kier molecular flexibility index (Phi) is 6.47. The fourth-order valence-electron chi connectivity index (χ4n) is 3.95. The van der Waals surface area contributed by atoms with Crippen LogP contribution >= 0.6 is 0 Å². The average molecular weight is 380 g/mol. The van der Waals surface area contributed by atoms with E-state index in [2.05, 4.69) is 39.8 Å². The smallest absolute Gasteiger partial charge is 0.243 e. The number of amides is 2. The van der Waals surface area contributed by atoms with Crippen molar-refractivity contribution in [3.8, 4) is 0 Å². The summed E-state index contributed by atoms with van der Waals surface area (Å²) in [6, 6.07) is 14.6. The third kappa shape index (κ3) is 4.78. The topological polar surface area (TPSA) is 61.4 Å². The molecule has 0 fully saturated rings. The molecule has 0 aromatic heterocycles. The molecule has 0 aliphatic heterocycles. The first-order valence-electron chi connectivity index (χ1n) is 9.86. The van der Waals surface area contributed by atoms with Gasteiger partial charge in [-0.15, -0.1) is 0 Å². The van der Waals surface area contributed by atoms with Crippen molar-refractivity contribution in [1.82, 2.24) is 10.2 Å². The van der Waals surface area contributed by atoms with Crippen molar-refractivity contribution in [2.24, 2.45) is 0 Å². The highest BCUT2D eigenvalue weighted by atomic mass is 16.2. The summed E-state index contributed by atoms with van der Waals surface area (Å²) in [6.07, 6.45) is 3.28. The number of aryl methyl sites for hydroxylation is 3. The number of fused-ring (bicyclic) bond motifs is 1. The molecule has 2 aromatic carbocycles. The van der Waals surface area contributed by atoms with Crippen molar-refractivity contribution in [1.29, 1.82) is 0 Å². The summed E-state index contributed by atoms with van der Waals surface area (Å²) in [7, 11) is 1.98. The molecule has 0 saturated carbocycles. The third-order valence-electron chi connectivity index (χ3n) is 5.45. The molecule has 28 heavy (non-hydrogen) atoms. The number of anilines is 1. The van der Waals surface area contributed by atoms with Gasteiger partial charge in [-0.3, -0.25) is 14.5 Å². The van der Waals surface area contributed by atoms with Gasteiger partial charge in [0.2, 0.25) is 11.8 Å².